The number of allylic oxidation sites excluding steroid dienone is 8. The van der Waals surface area contributed by atoms with E-state index in [1.807, 2.05) is 43.4 Å². The lowest BCUT2D eigenvalue weighted by Gasteiger charge is -2.09. The number of rotatable bonds is 13. The largest absolute Gasteiger partial charge is 0.481 e. The number of hydrogen-bond donors (Lipinski definition) is 1. The molecule has 2 nitrogen and oxygen atoms in total. The maximum absolute atomic E-state index is 11.2. The minimum atomic E-state index is -0.669. The van der Waals surface area contributed by atoms with Gasteiger partial charge >= 0.3 is 5.97 Å². The van der Waals surface area contributed by atoms with E-state index >= 15 is 0 Å². The van der Waals surface area contributed by atoms with Crippen molar-refractivity contribution in [2.75, 3.05) is 0 Å². The van der Waals surface area contributed by atoms with Gasteiger partial charge in [-0.15, -0.1) is 0 Å². The average Bonchev–Trinajstić information content (AvgIpc) is 2.50. The highest BCUT2D eigenvalue weighted by molar-refractivity contribution is 5.69. The molecule has 0 aliphatic carbocycles. The summed E-state index contributed by atoms with van der Waals surface area (Å²) in [6, 6.07) is 0. The first-order valence-corrected chi connectivity index (χ1v) is 8.54. The fourth-order valence-electron chi connectivity index (χ4n) is 2.15. The van der Waals surface area contributed by atoms with Gasteiger partial charge in [-0.2, -0.15) is 0 Å². The second-order valence-electron chi connectivity index (χ2n) is 5.50. The standard InChI is InChI=1S/C20H32O2/c1-3-5-7-9-11-13-15-17-19(20(21)22)18-16-14-12-10-8-6-4-2/h3,5,7,9,11-14,19H,4,6,8,10,15-18H2,1-2H3,(H,21,22). The summed E-state index contributed by atoms with van der Waals surface area (Å²) >= 11 is 0. The van der Waals surface area contributed by atoms with Crippen molar-refractivity contribution in [3.63, 3.8) is 0 Å². The monoisotopic (exact) mass is 304 g/mol. The van der Waals surface area contributed by atoms with Gasteiger partial charge in [-0.25, -0.2) is 0 Å². The summed E-state index contributed by atoms with van der Waals surface area (Å²) in [5.74, 6) is -0.901. The van der Waals surface area contributed by atoms with Crippen LogP contribution in [0.25, 0.3) is 0 Å². The van der Waals surface area contributed by atoms with Gasteiger partial charge in [0.1, 0.15) is 0 Å². The van der Waals surface area contributed by atoms with E-state index < -0.39 is 5.97 Å². The molecule has 0 aromatic heterocycles. The topological polar surface area (TPSA) is 37.3 Å². The summed E-state index contributed by atoms with van der Waals surface area (Å²) in [6.07, 6.45) is 24.2. The number of hydrogen-bond acceptors (Lipinski definition) is 1. The quantitative estimate of drug-likeness (QED) is 0.254. The molecule has 0 spiro atoms. The number of carboxylic acid groups (broad SMARTS) is 1. The van der Waals surface area contributed by atoms with Gasteiger partial charge in [0.15, 0.2) is 0 Å². The molecular weight excluding hydrogens is 272 g/mol. The lowest BCUT2D eigenvalue weighted by molar-refractivity contribution is -0.142. The van der Waals surface area contributed by atoms with Crippen molar-refractivity contribution in [2.45, 2.75) is 65.2 Å². The van der Waals surface area contributed by atoms with Crippen LogP contribution in [0.15, 0.2) is 48.6 Å². The highest BCUT2D eigenvalue weighted by Crippen LogP contribution is 2.15. The van der Waals surface area contributed by atoms with Crippen LogP contribution >= 0.6 is 0 Å². The Morgan fingerprint density at radius 1 is 0.909 bits per heavy atom. The minimum Gasteiger partial charge on any atom is -0.481 e. The van der Waals surface area contributed by atoms with Crippen LogP contribution in [-0.4, -0.2) is 11.1 Å². The minimum absolute atomic E-state index is 0.232. The Balaban J connectivity index is 3.89. The first-order chi connectivity index (χ1) is 10.7. The normalized spacial score (nSPS) is 13.9. The molecule has 0 rings (SSSR count). The molecule has 0 fully saturated rings. The zero-order valence-corrected chi connectivity index (χ0v) is 14.2. The Labute approximate surface area is 136 Å². The van der Waals surface area contributed by atoms with Gasteiger partial charge < -0.3 is 5.11 Å². The third-order valence-corrected chi connectivity index (χ3v) is 3.52. The van der Waals surface area contributed by atoms with E-state index in [1.54, 1.807) is 0 Å². The van der Waals surface area contributed by atoms with Crippen molar-refractivity contribution in [1.29, 1.82) is 0 Å². The maximum Gasteiger partial charge on any atom is 0.306 e. The van der Waals surface area contributed by atoms with Crippen molar-refractivity contribution < 1.29 is 9.90 Å². The van der Waals surface area contributed by atoms with Crippen LogP contribution in [0.5, 0.6) is 0 Å². The number of carboxylic acids is 1. The van der Waals surface area contributed by atoms with Crippen molar-refractivity contribution in [1.82, 2.24) is 0 Å². The van der Waals surface area contributed by atoms with Gasteiger partial charge in [0.2, 0.25) is 0 Å². The Hall–Kier alpha value is -1.57. The van der Waals surface area contributed by atoms with E-state index in [4.69, 9.17) is 0 Å². The molecule has 22 heavy (non-hydrogen) atoms. The highest BCUT2D eigenvalue weighted by atomic mass is 16.4. The molecule has 124 valence electrons. The van der Waals surface area contributed by atoms with E-state index in [-0.39, 0.29) is 5.92 Å². The van der Waals surface area contributed by atoms with Crippen LogP contribution < -0.4 is 0 Å². The molecule has 0 saturated carbocycles. The van der Waals surface area contributed by atoms with E-state index in [2.05, 4.69) is 19.1 Å². The number of aliphatic carboxylic acids is 1. The van der Waals surface area contributed by atoms with E-state index in [1.165, 1.54) is 19.3 Å². The summed E-state index contributed by atoms with van der Waals surface area (Å²) in [4.78, 5) is 11.2. The molecule has 0 aliphatic rings. The molecule has 1 N–H and O–H groups in total. The summed E-state index contributed by atoms with van der Waals surface area (Å²) in [6.45, 7) is 4.18. The first-order valence-electron chi connectivity index (χ1n) is 8.54. The van der Waals surface area contributed by atoms with Crippen LogP contribution in [0.3, 0.4) is 0 Å². The van der Waals surface area contributed by atoms with Gasteiger partial charge in [0.25, 0.3) is 0 Å². The van der Waals surface area contributed by atoms with Gasteiger partial charge in [0, 0.05) is 0 Å². The zero-order chi connectivity index (χ0) is 16.5. The van der Waals surface area contributed by atoms with E-state index in [9.17, 15) is 9.90 Å². The van der Waals surface area contributed by atoms with Crippen LogP contribution in [0.1, 0.15) is 65.2 Å². The summed E-state index contributed by atoms with van der Waals surface area (Å²) < 4.78 is 0. The van der Waals surface area contributed by atoms with E-state index in [0.717, 1.165) is 25.7 Å². The molecule has 0 aromatic rings. The Morgan fingerprint density at radius 3 is 2.18 bits per heavy atom. The van der Waals surface area contributed by atoms with Crippen molar-refractivity contribution in [3.8, 4) is 0 Å². The summed E-state index contributed by atoms with van der Waals surface area (Å²) in [5.41, 5.74) is 0. The number of carbonyl (C=O) groups is 1. The molecule has 2 heteroatoms. The van der Waals surface area contributed by atoms with Gasteiger partial charge in [-0.05, 0) is 45.4 Å². The predicted octanol–water partition coefficient (Wildman–Crippen LogP) is 6.07. The van der Waals surface area contributed by atoms with Gasteiger partial charge in [-0.3, -0.25) is 4.79 Å². The van der Waals surface area contributed by atoms with Crippen molar-refractivity contribution in [2.24, 2.45) is 5.92 Å². The Morgan fingerprint density at radius 2 is 1.55 bits per heavy atom. The molecule has 1 atom stereocenters. The molecule has 0 aromatic carbocycles. The Kier molecular flexibility index (Phi) is 14.7. The van der Waals surface area contributed by atoms with Crippen LogP contribution in [0, 0.1) is 5.92 Å². The second-order valence-corrected chi connectivity index (χ2v) is 5.50. The lowest BCUT2D eigenvalue weighted by atomic mass is 9.97. The molecule has 0 radical (unpaired) electrons. The zero-order valence-electron chi connectivity index (χ0n) is 14.2. The predicted molar refractivity (Wildman–Crippen MR) is 96.0 cm³/mol. The van der Waals surface area contributed by atoms with Gasteiger partial charge in [0.05, 0.1) is 5.92 Å². The fraction of sp³-hybridized carbons (Fsp3) is 0.550. The molecule has 0 saturated heterocycles. The molecule has 0 heterocycles. The van der Waals surface area contributed by atoms with Crippen molar-refractivity contribution >= 4 is 5.97 Å². The summed E-state index contributed by atoms with van der Waals surface area (Å²) in [7, 11) is 0. The SMILES string of the molecule is CC=CC=CC=CCCC(CCC=CCCCCC)C(=O)O. The molecular formula is C20H32O2. The molecule has 0 amide bonds. The fourth-order valence-corrected chi connectivity index (χ4v) is 2.15. The summed E-state index contributed by atoms with van der Waals surface area (Å²) in [5, 5.41) is 9.25. The Bertz CT molecular complexity index is 375. The van der Waals surface area contributed by atoms with E-state index in [0.29, 0.717) is 6.42 Å². The lowest BCUT2D eigenvalue weighted by Crippen LogP contribution is -2.12. The van der Waals surface area contributed by atoms with Gasteiger partial charge in [-0.1, -0.05) is 68.4 Å². The molecule has 0 bridgehead atoms. The third kappa shape index (κ3) is 13.4. The van der Waals surface area contributed by atoms with Crippen LogP contribution in [0.4, 0.5) is 0 Å². The highest BCUT2D eigenvalue weighted by Gasteiger charge is 2.14. The smallest absolute Gasteiger partial charge is 0.306 e. The van der Waals surface area contributed by atoms with Crippen LogP contribution in [0.2, 0.25) is 0 Å². The third-order valence-electron chi connectivity index (χ3n) is 3.52. The maximum atomic E-state index is 11.2. The second kappa shape index (κ2) is 15.8. The first kappa shape index (κ1) is 20.4. The van der Waals surface area contributed by atoms with Crippen molar-refractivity contribution in [3.05, 3.63) is 48.6 Å². The molecule has 0 aliphatic heterocycles. The molecule has 1 unspecified atom stereocenters. The average molecular weight is 304 g/mol. The number of unbranched alkanes of at least 4 members (excludes halogenated alkanes) is 3. The van der Waals surface area contributed by atoms with Crippen LogP contribution in [-0.2, 0) is 4.79 Å².